The summed E-state index contributed by atoms with van der Waals surface area (Å²) in [6.07, 6.45) is 1.71. The third-order valence-corrected chi connectivity index (χ3v) is 3.69. The fraction of sp³-hybridized carbons (Fsp3) is 0.429. The second-order valence-corrected chi connectivity index (χ2v) is 5.08. The predicted molar refractivity (Wildman–Crippen MR) is 75.9 cm³/mol. The van der Waals surface area contributed by atoms with E-state index in [9.17, 15) is 9.59 Å². The van der Waals surface area contributed by atoms with E-state index in [-0.39, 0.29) is 5.91 Å². The van der Waals surface area contributed by atoms with Crippen LogP contribution in [0.2, 0.25) is 5.02 Å². The Balaban J connectivity index is 2.14. The van der Waals surface area contributed by atoms with Crippen LogP contribution >= 0.6 is 11.6 Å². The number of hydrogen-bond acceptors (Lipinski definition) is 3. The van der Waals surface area contributed by atoms with Gasteiger partial charge in [-0.2, -0.15) is 0 Å². The van der Waals surface area contributed by atoms with Gasteiger partial charge >= 0.3 is 0 Å². The molecule has 1 heterocycles. The summed E-state index contributed by atoms with van der Waals surface area (Å²) in [5.74, 6) is 0.115. The molecule has 0 saturated carbocycles. The first kappa shape index (κ1) is 13.9. The minimum absolute atomic E-state index is 0.115. The zero-order chi connectivity index (χ0) is 13.8. The van der Waals surface area contributed by atoms with E-state index in [1.165, 1.54) is 0 Å². The first-order valence-corrected chi connectivity index (χ1v) is 6.75. The van der Waals surface area contributed by atoms with Crippen molar-refractivity contribution in [1.82, 2.24) is 4.90 Å². The number of nitrogens with zero attached hydrogens (tertiary/aromatic N) is 2. The molecule has 0 atom stereocenters. The molecule has 0 N–H and O–H groups in total. The van der Waals surface area contributed by atoms with Crippen LogP contribution in [-0.4, -0.2) is 43.3 Å². The first-order valence-electron chi connectivity index (χ1n) is 6.37. The Morgan fingerprint density at radius 1 is 1.26 bits per heavy atom. The third-order valence-electron chi connectivity index (χ3n) is 3.39. The predicted octanol–water partition coefficient (Wildman–Crippen LogP) is 2.21. The average Bonchev–Trinajstić information content (AvgIpc) is 2.64. The molecule has 1 saturated heterocycles. The van der Waals surface area contributed by atoms with Gasteiger partial charge in [0.05, 0.1) is 10.7 Å². The summed E-state index contributed by atoms with van der Waals surface area (Å²) >= 11 is 6.21. The second kappa shape index (κ2) is 6.06. The Labute approximate surface area is 117 Å². The largest absolute Gasteiger partial charge is 0.368 e. The van der Waals surface area contributed by atoms with Crippen molar-refractivity contribution in [2.75, 3.05) is 31.1 Å². The van der Waals surface area contributed by atoms with Crippen LogP contribution in [0.15, 0.2) is 18.2 Å². The summed E-state index contributed by atoms with van der Waals surface area (Å²) in [6.45, 7) is 4.72. The van der Waals surface area contributed by atoms with Crippen molar-refractivity contribution in [3.05, 3.63) is 28.8 Å². The van der Waals surface area contributed by atoms with Crippen LogP contribution in [0.5, 0.6) is 0 Å². The summed E-state index contributed by atoms with van der Waals surface area (Å²) in [5, 5.41) is 0.584. The Morgan fingerprint density at radius 3 is 2.68 bits per heavy atom. The van der Waals surface area contributed by atoms with Gasteiger partial charge < -0.3 is 9.80 Å². The van der Waals surface area contributed by atoms with Gasteiger partial charge in [0.2, 0.25) is 5.91 Å². The molecule has 5 heteroatoms. The van der Waals surface area contributed by atoms with E-state index in [1.54, 1.807) is 19.1 Å². The van der Waals surface area contributed by atoms with E-state index in [0.717, 1.165) is 38.0 Å². The van der Waals surface area contributed by atoms with Crippen molar-refractivity contribution < 1.29 is 9.59 Å². The Hall–Kier alpha value is -1.55. The number of benzene rings is 1. The highest BCUT2D eigenvalue weighted by atomic mass is 35.5. The summed E-state index contributed by atoms with van der Waals surface area (Å²) in [5.41, 5.74) is 1.51. The SMILES string of the molecule is CC(=O)N1CCCN(c2ccc(C=O)cc2Cl)CC1. The van der Waals surface area contributed by atoms with Crippen LogP contribution in [0.1, 0.15) is 23.7 Å². The molecule has 1 fully saturated rings. The molecule has 0 spiro atoms. The lowest BCUT2D eigenvalue weighted by atomic mass is 10.2. The molecule has 4 nitrogen and oxygen atoms in total. The second-order valence-electron chi connectivity index (χ2n) is 4.68. The zero-order valence-electron chi connectivity index (χ0n) is 10.9. The maximum absolute atomic E-state index is 11.4. The molecule has 1 aromatic rings. The highest BCUT2D eigenvalue weighted by molar-refractivity contribution is 6.33. The number of carbonyl (C=O) groups excluding carboxylic acids is 2. The van der Waals surface area contributed by atoms with Crippen molar-refractivity contribution in [1.29, 1.82) is 0 Å². The standard InChI is InChI=1S/C14H17ClN2O2/c1-11(19)16-5-2-6-17(8-7-16)14-4-3-12(10-18)9-13(14)15/h3-4,9-10H,2,5-8H2,1H3. The average molecular weight is 281 g/mol. The molecule has 0 aliphatic carbocycles. The molecular formula is C14H17ClN2O2. The maximum atomic E-state index is 11.4. The number of aldehydes is 1. The van der Waals surface area contributed by atoms with Gasteiger partial charge in [-0.1, -0.05) is 11.6 Å². The zero-order valence-corrected chi connectivity index (χ0v) is 11.7. The molecule has 0 aromatic heterocycles. The van der Waals surface area contributed by atoms with E-state index >= 15 is 0 Å². The van der Waals surface area contributed by atoms with E-state index in [4.69, 9.17) is 11.6 Å². The van der Waals surface area contributed by atoms with Crippen LogP contribution in [-0.2, 0) is 4.79 Å². The molecule has 0 radical (unpaired) electrons. The highest BCUT2D eigenvalue weighted by Gasteiger charge is 2.18. The molecule has 2 rings (SSSR count). The minimum atomic E-state index is 0.115. The van der Waals surface area contributed by atoms with E-state index < -0.39 is 0 Å². The maximum Gasteiger partial charge on any atom is 0.219 e. The minimum Gasteiger partial charge on any atom is -0.368 e. The fourth-order valence-electron chi connectivity index (χ4n) is 2.33. The molecule has 0 unspecified atom stereocenters. The van der Waals surface area contributed by atoms with Crippen LogP contribution in [0, 0.1) is 0 Å². The van der Waals surface area contributed by atoms with E-state index in [2.05, 4.69) is 4.90 Å². The van der Waals surface area contributed by atoms with Gasteiger partial charge in [-0.15, -0.1) is 0 Å². The Morgan fingerprint density at radius 2 is 2.05 bits per heavy atom. The smallest absolute Gasteiger partial charge is 0.219 e. The van der Waals surface area contributed by atoms with Gasteiger partial charge in [0.1, 0.15) is 6.29 Å². The highest BCUT2D eigenvalue weighted by Crippen LogP contribution is 2.27. The lowest BCUT2D eigenvalue weighted by Crippen LogP contribution is -2.33. The molecule has 1 aliphatic heterocycles. The van der Waals surface area contributed by atoms with Crippen molar-refractivity contribution in [3.63, 3.8) is 0 Å². The number of halogens is 1. The summed E-state index contributed by atoms with van der Waals surface area (Å²) < 4.78 is 0. The van der Waals surface area contributed by atoms with Crippen molar-refractivity contribution in [3.8, 4) is 0 Å². The number of rotatable bonds is 2. The van der Waals surface area contributed by atoms with Crippen molar-refractivity contribution in [2.45, 2.75) is 13.3 Å². The van der Waals surface area contributed by atoms with Crippen molar-refractivity contribution >= 4 is 29.5 Å². The Kier molecular flexibility index (Phi) is 4.43. The molecule has 1 aromatic carbocycles. The van der Waals surface area contributed by atoms with Crippen LogP contribution < -0.4 is 4.90 Å². The Bertz CT molecular complexity index is 490. The number of amides is 1. The van der Waals surface area contributed by atoms with Crippen LogP contribution in [0.4, 0.5) is 5.69 Å². The van der Waals surface area contributed by atoms with Crippen molar-refractivity contribution in [2.24, 2.45) is 0 Å². The molecule has 0 bridgehead atoms. The van der Waals surface area contributed by atoms with Gasteiger partial charge in [-0.3, -0.25) is 9.59 Å². The van der Waals surface area contributed by atoms with Gasteiger partial charge in [0.15, 0.2) is 0 Å². The topological polar surface area (TPSA) is 40.6 Å². The fourth-order valence-corrected chi connectivity index (χ4v) is 2.63. The van der Waals surface area contributed by atoms with Gasteiger partial charge in [-0.05, 0) is 24.6 Å². The lowest BCUT2D eigenvalue weighted by Gasteiger charge is -2.24. The molecule has 102 valence electrons. The third kappa shape index (κ3) is 3.26. The molecule has 1 aliphatic rings. The van der Waals surface area contributed by atoms with Gasteiger partial charge in [-0.25, -0.2) is 0 Å². The summed E-state index contributed by atoms with van der Waals surface area (Å²) in [6, 6.07) is 5.31. The number of anilines is 1. The molecular weight excluding hydrogens is 264 g/mol. The number of hydrogen-bond donors (Lipinski definition) is 0. The number of carbonyl (C=O) groups is 2. The lowest BCUT2D eigenvalue weighted by molar-refractivity contribution is -0.128. The quantitative estimate of drug-likeness (QED) is 0.780. The van der Waals surface area contributed by atoms with E-state index in [1.807, 2.05) is 11.0 Å². The monoisotopic (exact) mass is 280 g/mol. The normalized spacial score (nSPS) is 16.1. The van der Waals surface area contributed by atoms with Gasteiger partial charge in [0.25, 0.3) is 0 Å². The van der Waals surface area contributed by atoms with Crippen LogP contribution in [0.25, 0.3) is 0 Å². The first-order chi connectivity index (χ1) is 9.11. The molecule has 19 heavy (non-hydrogen) atoms. The van der Waals surface area contributed by atoms with Crippen LogP contribution in [0.3, 0.4) is 0 Å². The van der Waals surface area contributed by atoms with E-state index in [0.29, 0.717) is 17.1 Å². The molecule has 1 amide bonds. The summed E-state index contributed by atoms with van der Waals surface area (Å²) in [4.78, 5) is 26.1. The summed E-state index contributed by atoms with van der Waals surface area (Å²) in [7, 11) is 0. The van der Waals surface area contributed by atoms with Gasteiger partial charge in [0, 0.05) is 38.7 Å².